The summed E-state index contributed by atoms with van der Waals surface area (Å²) in [6.07, 6.45) is -4.59. The average molecular weight is 475 g/mol. The molecule has 0 radical (unpaired) electrons. The Labute approximate surface area is 197 Å². The van der Waals surface area contributed by atoms with Crippen LogP contribution in [-0.2, 0) is 17.5 Å². The van der Waals surface area contributed by atoms with Gasteiger partial charge in [-0.15, -0.1) is 0 Å². The average Bonchev–Trinajstić information content (AvgIpc) is 2.76. The van der Waals surface area contributed by atoms with Crippen molar-refractivity contribution in [3.63, 3.8) is 0 Å². The summed E-state index contributed by atoms with van der Waals surface area (Å²) in [5.41, 5.74) is 4.95. The van der Waals surface area contributed by atoms with Gasteiger partial charge in [0.05, 0.1) is 35.7 Å². The molecule has 6 nitrogen and oxygen atoms in total. The first-order valence-electron chi connectivity index (χ1n) is 11.0. The lowest BCUT2D eigenvalue weighted by Gasteiger charge is -2.37. The number of alkyl halides is 3. The summed E-state index contributed by atoms with van der Waals surface area (Å²) in [4.78, 5) is 31.4. The van der Waals surface area contributed by atoms with Crippen molar-refractivity contribution in [2.75, 3.05) is 0 Å². The van der Waals surface area contributed by atoms with Crippen molar-refractivity contribution in [1.29, 1.82) is 0 Å². The molecule has 2 unspecified atom stereocenters. The number of hydrogen-bond donors (Lipinski definition) is 2. The zero-order valence-corrected chi connectivity index (χ0v) is 19.6. The van der Waals surface area contributed by atoms with E-state index in [0.29, 0.717) is 5.56 Å². The molecule has 182 valence electrons. The van der Waals surface area contributed by atoms with Gasteiger partial charge in [0.25, 0.3) is 5.91 Å². The van der Waals surface area contributed by atoms with Crippen molar-refractivity contribution in [1.82, 2.24) is 10.2 Å². The van der Waals surface area contributed by atoms with E-state index in [9.17, 15) is 22.8 Å². The maximum Gasteiger partial charge on any atom is 0.417 e. The van der Waals surface area contributed by atoms with Crippen LogP contribution in [0, 0.1) is 5.92 Å². The van der Waals surface area contributed by atoms with E-state index < -0.39 is 34.8 Å². The van der Waals surface area contributed by atoms with E-state index in [1.54, 1.807) is 31.2 Å². The van der Waals surface area contributed by atoms with Gasteiger partial charge in [-0.2, -0.15) is 13.2 Å². The van der Waals surface area contributed by atoms with Gasteiger partial charge in [-0.25, -0.2) is 4.99 Å². The standard InChI is InChI=1S/C25H29F3N4O2/c1-15(2)24(4)13-21(33)32(23(29)31-24)14-17-10-11-20(25(26,27)28)19(12-17)22(34)30-16(3)18-8-6-5-7-9-18/h5-12,15-16H,13-14H2,1-4H3,(H2,29,31)(H,30,34). The SMILES string of the molecule is CC(NC(=O)c1cc(CN2C(=O)CC(C)(C(C)C)N=C2N)ccc1C(F)(F)F)c1ccccc1. The first-order chi connectivity index (χ1) is 15.8. The predicted octanol–water partition coefficient (Wildman–Crippen LogP) is 4.66. The van der Waals surface area contributed by atoms with E-state index in [-0.39, 0.29) is 30.8 Å². The second-order valence-electron chi connectivity index (χ2n) is 9.12. The molecule has 0 bridgehead atoms. The highest BCUT2D eigenvalue weighted by Crippen LogP contribution is 2.34. The molecule has 9 heteroatoms. The number of aliphatic imine (C=N–C) groups is 1. The summed E-state index contributed by atoms with van der Waals surface area (Å²) in [5.74, 6) is -1.04. The fourth-order valence-electron chi connectivity index (χ4n) is 3.80. The van der Waals surface area contributed by atoms with Gasteiger partial charge in [0, 0.05) is 0 Å². The van der Waals surface area contributed by atoms with Gasteiger partial charge in [0.2, 0.25) is 5.91 Å². The molecule has 3 N–H and O–H groups in total. The number of nitrogens with zero attached hydrogens (tertiary/aromatic N) is 2. The lowest BCUT2D eigenvalue weighted by atomic mass is 9.84. The van der Waals surface area contributed by atoms with Gasteiger partial charge in [0.1, 0.15) is 0 Å². The molecular weight excluding hydrogens is 445 g/mol. The number of halogens is 3. The molecule has 0 spiro atoms. The number of carbonyl (C=O) groups excluding carboxylic acids is 2. The number of amides is 2. The van der Waals surface area contributed by atoms with E-state index >= 15 is 0 Å². The van der Waals surface area contributed by atoms with E-state index in [0.717, 1.165) is 17.7 Å². The fraction of sp³-hybridized carbons (Fsp3) is 0.400. The summed E-state index contributed by atoms with van der Waals surface area (Å²) in [5, 5.41) is 2.63. The number of nitrogens with one attached hydrogen (secondary N) is 1. The monoisotopic (exact) mass is 474 g/mol. The van der Waals surface area contributed by atoms with E-state index in [1.807, 2.05) is 26.8 Å². The molecule has 2 aromatic carbocycles. The van der Waals surface area contributed by atoms with Crippen LogP contribution in [0.3, 0.4) is 0 Å². The molecule has 0 saturated heterocycles. The first-order valence-corrected chi connectivity index (χ1v) is 11.0. The normalized spacial score (nSPS) is 19.7. The number of guanidine groups is 1. The molecule has 1 aliphatic rings. The third-order valence-electron chi connectivity index (χ3n) is 6.32. The third kappa shape index (κ3) is 5.40. The van der Waals surface area contributed by atoms with Crippen LogP contribution in [0.5, 0.6) is 0 Å². The van der Waals surface area contributed by atoms with Crippen LogP contribution in [0.1, 0.15) is 67.2 Å². The first kappa shape index (κ1) is 25.3. The van der Waals surface area contributed by atoms with Gasteiger partial charge in [-0.05, 0) is 43.0 Å². The molecule has 2 aromatic rings. The second-order valence-corrected chi connectivity index (χ2v) is 9.12. The maximum atomic E-state index is 13.7. The molecule has 0 fully saturated rings. The van der Waals surface area contributed by atoms with E-state index in [4.69, 9.17) is 5.73 Å². The van der Waals surface area contributed by atoms with Crippen molar-refractivity contribution >= 4 is 17.8 Å². The molecule has 1 heterocycles. The summed E-state index contributed by atoms with van der Waals surface area (Å²) in [7, 11) is 0. The van der Waals surface area contributed by atoms with Crippen molar-refractivity contribution in [3.05, 3.63) is 70.8 Å². The van der Waals surface area contributed by atoms with Gasteiger partial charge in [-0.1, -0.05) is 50.2 Å². The highest BCUT2D eigenvalue weighted by Gasteiger charge is 2.39. The largest absolute Gasteiger partial charge is 0.417 e. The quantitative estimate of drug-likeness (QED) is 0.639. The van der Waals surface area contributed by atoms with Crippen LogP contribution in [0.2, 0.25) is 0 Å². The fourth-order valence-corrected chi connectivity index (χ4v) is 3.80. The smallest absolute Gasteiger partial charge is 0.369 e. The van der Waals surface area contributed by atoms with E-state index in [1.165, 1.54) is 11.0 Å². The third-order valence-corrected chi connectivity index (χ3v) is 6.32. The Kier molecular flexibility index (Phi) is 7.05. The topological polar surface area (TPSA) is 87.8 Å². The summed E-state index contributed by atoms with van der Waals surface area (Å²) < 4.78 is 41.0. The van der Waals surface area contributed by atoms with Crippen molar-refractivity contribution in [3.8, 4) is 0 Å². The zero-order valence-electron chi connectivity index (χ0n) is 19.6. The Morgan fingerprint density at radius 2 is 1.82 bits per heavy atom. The zero-order chi connectivity index (χ0) is 25.3. The Balaban J connectivity index is 1.90. The van der Waals surface area contributed by atoms with Crippen LogP contribution in [-0.4, -0.2) is 28.2 Å². The highest BCUT2D eigenvalue weighted by atomic mass is 19.4. The number of rotatable bonds is 6. The minimum atomic E-state index is -4.72. The Hall–Kier alpha value is -3.36. The number of hydrogen-bond acceptors (Lipinski definition) is 4. The predicted molar refractivity (Wildman–Crippen MR) is 124 cm³/mol. The molecule has 2 atom stereocenters. The summed E-state index contributed by atoms with van der Waals surface area (Å²) >= 11 is 0. The van der Waals surface area contributed by atoms with Gasteiger partial charge in [-0.3, -0.25) is 14.5 Å². The minimum absolute atomic E-state index is 0.0102. The minimum Gasteiger partial charge on any atom is -0.369 e. The molecule has 1 aliphatic heterocycles. The van der Waals surface area contributed by atoms with Crippen molar-refractivity contribution < 1.29 is 22.8 Å². The van der Waals surface area contributed by atoms with Crippen LogP contribution >= 0.6 is 0 Å². The molecule has 0 aliphatic carbocycles. The highest BCUT2D eigenvalue weighted by molar-refractivity contribution is 5.99. The molecule has 2 amide bonds. The number of carbonyl (C=O) groups is 2. The van der Waals surface area contributed by atoms with Crippen LogP contribution in [0.25, 0.3) is 0 Å². The Bertz CT molecular complexity index is 1100. The lowest BCUT2D eigenvalue weighted by Crippen LogP contribution is -2.51. The van der Waals surface area contributed by atoms with Gasteiger partial charge in [0.15, 0.2) is 5.96 Å². The molecule has 0 saturated carbocycles. The molecule has 34 heavy (non-hydrogen) atoms. The van der Waals surface area contributed by atoms with E-state index in [2.05, 4.69) is 10.3 Å². The van der Waals surface area contributed by atoms with Crippen LogP contribution in [0.4, 0.5) is 13.2 Å². The van der Waals surface area contributed by atoms with Crippen molar-refractivity contribution in [2.24, 2.45) is 16.6 Å². The summed E-state index contributed by atoms with van der Waals surface area (Å²) in [6, 6.07) is 11.7. The van der Waals surface area contributed by atoms with Gasteiger partial charge < -0.3 is 11.1 Å². The molecule has 0 aromatic heterocycles. The van der Waals surface area contributed by atoms with Gasteiger partial charge >= 0.3 is 6.18 Å². The molecule has 3 rings (SSSR count). The van der Waals surface area contributed by atoms with Crippen LogP contribution in [0.15, 0.2) is 53.5 Å². The summed E-state index contributed by atoms with van der Waals surface area (Å²) in [6.45, 7) is 7.33. The number of nitrogens with two attached hydrogens (primary N) is 1. The lowest BCUT2D eigenvalue weighted by molar-refractivity contribution is -0.138. The maximum absolute atomic E-state index is 13.7. The van der Waals surface area contributed by atoms with Crippen molar-refractivity contribution in [2.45, 2.75) is 58.4 Å². The Morgan fingerprint density at radius 3 is 2.38 bits per heavy atom. The number of benzene rings is 2. The molecular formula is C25H29F3N4O2. The van der Waals surface area contributed by atoms with Crippen LogP contribution < -0.4 is 11.1 Å². The second kappa shape index (κ2) is 9.48. The Morgan fingerprint density at radius 1 is 1.18 bits per heavy atom.